The van der Waals surface area contributed by atoms with Gasteiger partial charge in [-0.1, -0.05) is 125 Å². The predicted octanol–water partition coefficient (Wildman–Crippen LogP) is -4.14. The van der Waals surface area contributed by atoms with E-state index in [2.05, 4.69) is 95.4 Å². The molecule has 47 heteroatoms. The van der Waals surface area contributed by atoms with Crippen molar-refractivity contribution in [2.75, 3.05) is 59.5 Å². The van der Waals surface area contributed by atoms with E-state index in [1.165, 1.54) is 13.8 Å². The second-order valence-corrected chi connectivity index (χ2v) is 38.0. The van der Waals surface area contributed by atoms with Gasteiger partial charge in [0.05, 0.1) is 18.7 Å². The quantitative estimate of drug-likeness (QED) is 0.0127. The van der Waals surface area contributed by atoms with Crippen molar-refractivity contribution in [2.45, 2.75) is 372 Å². The van der Waals surface area contributed by atoms with Gasteiger partial charge < -0.3 is 152 Å². The zero-order valence-corrected chi connectivity index (χ0v) is 87.0. The Morgan fingerprint density at radius 2 is 0.792 bits per heavy atom. The van der Waals surface area contributed by atoms with Gasteiger partial charge in [-0.2, -0.15) is 0 Å². The summed E-state index contributed by atoms with van der Waals surface area (Å²) in [4.78, 5) is 262. The number of nitrogens with zero attached hydrogens (tertiary/aromatic N) is 1. The molecule has 1 saturated heterocycles. The minimum Gasteiger partial charge on any atom is -0.458 e. The lowest BCUT2D eigenvalue weighted by Crippen LogP contribution is -2.63. The molecule has 36 N–H and O–H groups in total. The third-order valence-corrected chi connectivity index (χ3v) is 25.7. The summed E-state index contributed by atoms with van der Waals surface area (Å²) < 4.78 is 5.78. The molecular formula is C97H175N27O20. The van der Waals surface area contributed by atoms with Crippen molar-refractivity contribution in [3.63, 3.8) is 0 Å². The molecule has 1 aliphatic rings. The van der Waals surface area contributed by atoms with E-state index in [9.17, 15) is 81.8 Å². The molecule has 1 aromatic carbocycles. The Kier molecular flexibility index (Phi) is 63.6. The van der Waals surface area contributed by atoms with Crippen molar-refractivity contribution >= 4 is 112 Å². The van der Waals surface area contributed by atoms with Crippen molar-refractivity contribution in [1.82, 2.24) is 90.4 Å². The van der Waals surface area contributed by atoms with Gasteiger partial charge >= 0.3 is 5.97 Å². The second-order valence-electron chi connectivity index (χ2n) is 38.0. The first-order valence-corrected chi connectivity index (χ1v) is 51.4. The lowest BCUT2D eigenvalue weighted by molar-refractivity contribution is -0.157. The molecule has 1 aliphatic heterocycles. The number of aliphatic imine (C=N–C) groups is 1. The van der Waals surface area contributed by atoms with Crippen molar-refractivity contribution in [1.29, 1.82) is 0 Å². The first-order valence-electron chi connectivity index (χ1n) is 51.4. The minimum atomic E-state index is -1.88. The summed E-state index contributed by atoms with van der Waals surface area (Å²) in [7, 11) is 1.58. The van der Waals surface area contributed by atoms with Crippen LogP contribution in [0.5, 0.6) is 0 Å². The van der Waals surface area contributed by atoms with E-state index in [4.69, 9.17) is 56.3 Å². The zero-order valence-electron chi connectivity index (χ0n) is 87.0. The summed E-state index contributed by atoms with van der Waals surface area (Å²) in [5.41, 5.74) is 53.1. The van der Waals surface area contributed by atoms with Crippen LogP contribution in [-0.4, -0.2) is 286 Å². The molecule has 0 aliphatic carbocycles. The molecule has 0 unspecified atom stereocenters. The number of hydrogen-bond donors (Lipinski definition) is 27. The molecule has 1 aromatic rings. The number of cyclic esters (lactones) is 1. The second kappa shape index (κ2) is 71.2. The molecule has 144 heavy (non-hydrogen) atoms. The number of rotatable bonds is 71. The average Bonchev–Trinajstić information content (AvgIpc) is 1.44. The molecule has 0 aromatic heterocycles. The fraction of sp³-hybridized carbons (Fsp3) is 0.742. The zero-order chi connectivity index (χ0) is 108. The molecule has 818 valence electrons. The van der Waals surface area contributed by atoms with E-state index < -0.39 is 258 Å². The largest absolute Gasteiger partial charge is 0.458 e. The number of ether oxygens (including phenoxy) is 1. The molecule has 47 nitrogen and oxygen atoms in total. The fourth-order valence-electron chi connectivity index (χ4n) is 15.7. The summed E-state index contributed by atoms with van der Waals surface area (Å²) in [5.74, 6) is -18.1. The SMILES string of the molecule is CC[C@@H](C)[C@@H](NC(=O)[C@@H](CCC(N)=O)NC(=O)[C@H](CCCCNC(=O)[C@H](CCCCN)NC(=O)[C@H](CCCCN)NC(=O)[C@H](CCCCN)NC(=O)[C@H](CCCCN)NC(=O)[C@H](CCCCN)NC(=O)[C@@H](N)CCCN=C(N)N)NC(=O)[C@@H](NC(=O)[C@@H](Cc1ccccc1)NC)[C@@H](C)CC)C(=O)N[C@H](C(=O)N[C@@H](CO)C(=O)N[C@H]1C(=O)N[C@@H](C)C(=O)N[C@@H](CC(C)C)C(=O)N[C@@H]([C@@H](C)CC)C(=O)O[C@H]1C)[C@@H](C)CC. The Morgan fingerprint density at radius 1 is 0.417 bits per heavy atom. The third kappa shape index (κ3) is 48.1. The van der Waals surface area contributed by atoms with E-state index in [-0.39, 0.29) is 135 Å². The number of hydrogen-bond acceptors (Lipinski definition) is 28. The van der Waals surface area contributed by atoms with E-state index in [1.807, 2.05) is 44.2 Å². The van der Waals surface area contributed by atoms with Crippen LogP contribution in [0.25, 0.3) is 0 Å². The van der Waals surface area contributed by atoms with E-state index in [1.54, 1.807) is 62.4 Å². The highest BCUT2D eigenvalue weighted by Gasteiger charge is 2.43. The summed E-state index contributed by atoms with van der Waals surface area (Å²) in [5, 5.41) is 56.9. The molecule has 0 radical (unpaired) electrons. The molecule has 1 heterocycles. The van der Waals surface area contributed by atoms with Crippen LogP contribution in [0, 0.1) is 29.6 Å². The van der Waals surface area contributed by atoms with Crippen LogP contribution in [0.4, 0.5) is 0 Å². The first-order chi connectivity index (χ1) is 68.4. The van der Waals surface area contributed by atoms with Crippen LogP contribution in [-0.2, 0) is 97.5 Å². The average molecular weight is 2040 g/mol. The highest BCUT2D eigenvalue weighted by molar-refractivity contribution is 6.01. The Labute approximate surface area is 848 Å². The van der Waals surface area contributed by atoms with Crippen molar-refractivity contribution < 1.29 is 96.1 Å². The van der Waals surface area contributed by atoms with Gasteiger partial charge in [0, 0.05) is 19.5 Å². The van der Waals surface area contributed by atoms with Crippen LogP contribution in [0.1, 0.15) is 262 Å². The fourth-order valence-corrected chi connectivity index (χ4v) is 15.7. The number of aliphatic hydroxyl groups is 1. The number of amides is 17. The predicted molar refractivity (Wildman–Crippen MR) is 545 cm³/mol. The smallest absolute Gasteiger partial charge is 0.329 e. The Morgan fingerprint density at radius 3 is 1.18 bits per heavy atom. The molecule has 0 saturated carbocycles. The van der Waals surface area contributed by atoms with Crippen molar-refractivity contribution in [3.8, 4) is 0 Å². The molecule has 0 bridgehead atoms. The summed E-state index contributed by atoms with van der Waals surface area (Å²) in [6.07, 6.45) is 3.73. The topological polar surface area (TPSA) is 788 Å². The number of carbonyl (C=O) groups is 18. The molecule has 17 amide bonds. The molecule has 1 fully saturated rings. The Balaban J connectivity index is 2.70. The number of nitrogens with one attached hydrogen (secondary N) is 17. The number of esters is 1. The Hall–Kier alpha value is -11.4. The molecule has 22 atom stereocenters. The van der Waals surface area contributed by atoms with Crippen molar-refractivity contribution in [2.24, 2.45) is 86.2 Å². The summed E-state index contributed by atoms with van der Waals surface area (Å²) in [6.45, 7) is 20.0. The number of nitrogens with two attached hydrogens (primary N) is 9. The monoisotopic (exact) mass is 2040 g/mol. The minimum absolute atomic E-state index is 0.0203. The maximum atomic E-state index is 15.3. The maximum Gasteiger partial charge on any atom is 0.329 e. The summed E-state index contributed by atoms with van der Waals surface area (Å²) in [6, 6.07) is -14.1. The van der Waals surface area contributed by atoms with Gasteiger partial charge in [-0.15, -0.1) is 0 Å². The summed E-state index contributed by atoms with van der Waals surface area (Å²) >= 11 is 0. The molecular weight excluding hydrogens is 1860 g/mol. The molecule has 0 spiro atoms. The number of likely N-dealkylation sites (N-methyl/N-ethyl adjacent to an activating group) is 1. The van der Waals surface area contributed by atoms with Gasteiger partial charge in [0.25, 0.3) is 0 Å². The normalized spacial score (nSPS) is 18.6. The number of benzene rings is 1. The van der Waals surface area contributed by atoms with E-state index >= 15 is 9.59 Å². The highest BCUT2D eigenvalue weighted by atomic mass is 16.5. The van der Waals surface area contributed by atoms with Gasteiger partial charge in [-0.05, 0) is 236 Å². The standard InChI is InChI=1S/C97H175N27O20/c1-14-56(7)75(121-89(136)71(107-13)53-62-34-19-18-20-35-62)92(139)117-69(42-26-32-50-108-82(129)64(37-21-27-45-98)112-84(131)66(39-23-29-47-100)114-86(133)68(41-25-31-49-102)115-85(132)67(40-24-30-48-101)113-83(130)65(38-22-28-46-99)111-81(128)63(103)36-33-51-109-97(105)106)87(134)116-70(43-44-74(104)126)88(135)120-77(58(9)16-3)94(141)122-76(57(8)15-2)93(140)119-73(54-125)91(138)124-79-61(12)144-96(143)78(59(10)17-4)123-90(137)72(52-55(5)6)118-80(127)60(11)110-95(79)142/h18-20,34-35,55-61,63-73,75-79,107,125H,14-17,21-33,36-54,98-103H2,1-13H3,(H2,104,126)(H,108,129)(H,110,142)(H,111,128)(H,112,131)(H,113,130)(H,114,133)(H,115,132)(H,116,134)(H,117,139)(H,118,127)(H,119,140)(H,120,135)(H,121,136)(H,122,141)(H,123,137)(H,124,138)(H4,105,106,109)/t56-,57-,58+,59-,60-,61-,63-,64-,65-,66-,67-,68-,69-,70+,71+,72-,73-,75-,76-,77+,78-,79+/m0/s1. The van der Waals surface area contributed by atoms with Gasteiger partial charge in [0.1, 0.15) is 96.7 Å². The van der Waals surface area contributed by atoms with E-state index in [0.717, 1.165) is 5.56 Å². The van der Waals surface area contributed by atoms with Crippen LogP contribution >= 0.6 is 0 Å². The van der Waals surface area contributed by atoms with Crippen LogP contribution in [0.2, 0.25) is 0 Å². The number of carbonyl (C=O) groups excluding carboxylic acids is 18. The van der Waals surface area contributed by atoms with Gasteiger partial charge in [-0.25, -0.2) is 4.79 Å². The Bertz CT molecular complexity index is 4190. The van der Waals surface area contributed by atoms with Gasteiger partial charge in [0.2, 0.25) is 100 Å². The maximum absolute atomic E-state index is 15.3. The van der Waals surface area contributed by atoms with Crippen molar-refractivity contribution in [3.05, 3.63) is 35.9 Å². The first kappa shape index (κ1) is 129. The van der Waals surface area contributed by atoms with Crippen LogP contribution in [0.3, 0.4) is 0 Å². The number of aliphatic hydroxyl groups excluding tert-OH is 1. The lowest BCUT2D eigenvalue weighted by Gasteiger charge is -2.31. The number of guanidine groups is 1. The number of primary amides is 1. The van der Waals surface area contributed by atoms with Gasteiger partial charge in [0.15, 0.2) is 5.96 Å². The lowest BCUT2D eigenvalue weighted by atomic mass is 9.94. The van der Waals surface area contributed by atoms with Gasteiger partial charge in [-0.3, -0.25) is 86.5 Å². The number of unbranched alkanes of at least 4 members (excludes halogenated alkanes) is 6. The molecule has 2 rings (SSSR count). The van der Waals surface area contributed by atoms with E-state index in [0.29, 0.717) is 90.0 Å². The van der Waals surface area contributed by atoms with Crippen LogP contribution < -0.4 is 142 Å². The van der Waals surface area contributed by atoms with Crippen LogP contribution in [0.15, 0.2) is 35.3 Å². The highest BCUT2D eigenvalue weighted by Crippen LogP contribution is 2.21. The third-order valence-electron chi connectivity index (χ3n) is 25.7.